The van der Waals surface area contributed by atoms with Crippen molar-refractivity contribution in [3.8, 4) is 17.7 Å². The van der Waals surface area contributed by atoms with E-state index in [1.807, 2.05) is 0 Å². The van der Waals surface area contributed by atoms with Crippen LogP contribution in [0, 0.1) is 28.4 Å². The number of non-ortho nitro benzene ring substituents is 1. The van der Waals surface area contributed by atoms with Crippen molar-refractivity contribution in [3.63, 3.8) is 0 Å². The van der Waals surface area contributed by atoms with Gasteiger partial charge in [0.25, 0.3) is 11.2 Å². The number of benzene rings is 1. The smallest absolute Gasteiger partial charge is 0.281 e. The molecule has 0 saturated heterocycles. The van der Waals surface area contributed by atoms with Gasteiger partial charge < -0.3 is 10.2 Å². The van der Waals surface area contributed by atoms with Crippen molar-refractivity contribution >= 4 is 17.1 Å². The first-order chi connectivity index (χ1) is 12.3. The number of aromatic hydroxyl groups is 2. The van der Waals surface area contributed by atoms with Crippen molar-refractivity contribution in [2.24, 2.45) is 10.2 Å². The van der Waals surface area contributed by atoms with Gasteiger partial charge in [-0.05, 0) is 13.0 Å². The SMILES string of the molecule is C=CCn1c(O)c(C#N)c(C)c(N=Nc2cc([N+](=O)[O-])ccc2O)c1=O. The molecule has 10 nitrogen and oxygen atoms in total. The molecule has 26 heavy (non-hydrogen) atoms. The maximum atomic E-state index is 12.5. The van der Waals surface area contributed by atoms with E-state index in [1.54, 1.807) is 6.07 Å². The summed E-state index contributed by atoms with van der Waals surface area (Å²) < 4.78 is 0.889. The maximum absolute atomic E-state index is 12.5. The number of allylic oxidation sites excluding steroid dienone is 1. The van der Waals surface area contributed by atoms with Crippen LogP contribution in [0.3, 0.4) is 0 Å². The minimum atomic E-state index is -0.729. The molecule has 0 unspecified atom stereocenters. The highest BCUT2D eigenvalue weighted by molar-refractivity contribution is 5.59. The molecule has 0 aliphatic heterocycles. The van der Waals surface area contributed by atoms with Crippen molar-refractivity contribution in [2.45, 2.75) is 13.5 Å². The Balaban J connectivity index is 2.65. The van der Waals surface area contributed by atoms with E-state index in [0.717, 1.165) is 22.8 Å². The molecule has 2 rings (SSSR count). The fraction of sp³-hybridized carbons (Fsp3) is 0.125. The fourth-order valence-electron chi connectivity index (χ4n) is 2.16. The number of azo groups is 1. The molecule has 0 amide bonds. The Morgan fingerprint density at radius 2 is 2.12 bits per heavy atom. The van der Waals surface area contributed by atoms with Crippen LogP contribution < -0.4 is 5.56 Å². The molecule has 0 saturated carbocycles. The van der Waals surface area contributed by atoms with Crippen molar-refractivity contribution in [3.05, 3.63) is 62.4 Å². The lowest BCUT2D eigenvalue weighted by atomic mass is 10.1. The molecule has 0 bridgehead atoms. The predicted octanol–water partition coefficient (Wildman–Crippen LogP) is 2.95. The number of phenolic OH excluding ortho intramolecular Hbond substituents is 1. The first-order valence-corrected chi connectivity index (χ1v) is 7.18. The zero-order valence-electron chi connectivity index (χ0n) is 13.6. The topological polar surface area (TPSA) is 154 Å². The van der Waals surface area contributed by atoms with Crippen molar-refractivity contribution < 1.29 is 15.1 Å². The molecule has 1 heterocycles. The van der Waals surface area contributed by atoms with Crippen LogP contribution in [0.25, 0.3) is 0 Å². The largest absolute Gasteiger partial charge is 0.506 e. The molecule has 0 fully saturated rings. The minimum absolute atomic E-state index is 0.0653. The number of hydrogen-bond donors (Lipinski definition) is 2. The maximum Gasteiger partial charge on any atom is 0.281 e. The van der Waals surface area contributed by atoms with E-state index in [9.17, 15) is 30.4 Å². The van der Waals surface area contributed by atoms with Crippen molar-refractivity contribution in [1.82, 2.24) is 4.57 Å². The number of aromatic nitrogens is 1. The number of nitro benzene ring substituents is 1. The molecular formula is C16H13N5O5. The van der Waals surface area contributed by atoms with Crippen molar-refractivity contribution in [2.75, 3.05) is 0 Å². The van der Waals surface area contributed by atoms with Gasteiger partial charge in [-0.2, -0.15) is 5.26 Å². The average Bonchev–Trinajstić information content (AvgIpc) is 2.60. The summed E-state index contributed by atoms with van der Waals surface area (Å²) >= 11 is 0. The number of rotatable bonds is 5. The number of pyridine rings is 1. The number of nitrogens with zero attached hydrogens (tertiary/aromatic N) is 5. The molecular weight excluding hydrogens is 342 g/mol. The Labute approximate surface area is 146 Å². The molecule has 2 N–H and O–H groups in total. The summed E-state index contributed by atoms with van der Waals surface area (Å²) in [5, 5.41) is 47.2. The zero-order chi connectivity index (χ0) is 19.4. The van der Waals surface area contributed by atoms with Crippen LogP contribution in [0.4, 0.5) is 17.1 Å². The van der Waals surface area contributed by atoms with Gasteiger partial charge in [-0.1, -0.05) is 6.08 Å². The lowest BCUT2D eigenvalue weighted by Crippen LogP contribution is -2.21. The van der Waals surface area contributed by atoms with Gasteiger partial charge in [0.05, 0.1) is 4.92 Å². The Kier molecular flexibility index (Phi) is 5.13. The monoisotopic (exact) mass is 355 g/mol. The molecule has 0 aliphatic carbocycles. The summed E-state index contributed by atoms with van der Waals surface area (Å²) in [6.07, 6.45) is 1.35. The second-order valence-electron chi connectivity index (χ2n) is 5.12. The predicted molar refractivity (Wildman–Crippen MR) is 91.0 cm³/mol. The Morgan fingerprint density at radius 1 is 1.42 bits per heavy atom. The molecule has 0 aliphatic rings. The van der Waals surface area contributed by atoms with E-state index in [0.29, 0.717) is 0 Å². The summed E-state index contributed by atoms with van der Waals surface area (Å²) in [6.45, 7) is 4.81. The second-order valence-corrected chi connectivity index (χ2v) is 5.12. The van der Waals surface area contributed by atoms with E-state index in [2.05, 4.69) is 16.8 Å². The molecule has 0 atom stereocenters. The van der Waals surface area contributed by atoms with Crippen LogP contribution in [0.5, 0.6) is 11.6 Å². The van der Waals surface area contributed by atoms with Gasteiger partial charge in [0.15, 0.2) is 5.69 Å². The average molecular weight is 355 g/mol. The Morgan fingerprint density at radius 3 is 2.69 bits per heavy atom. The molecule has 1 aromatic heterocycles. The van der Waals surface area contributed by atoms with E-state index in [-0.39, 0.29) is 40.5 Å². The molecule has 0 spiro atoms. The van der Waals surface area contributed by atoms with Crippen LogP contribution in [0.2, 0.25) is 0 Å². The number of hydrogen-bond acceptors (Lipinski definition) is 8. The van der Waals surface area contributed by atoms with E-state index >= 15 is 0 Å². The standard InChI is InChI=1S/C16H13N5O5/c1-3-6-20-15(23)11(8-17)9(2)14(16(20)24)19-18-12-7-10(21(25)26)4-5-13(12)22/h3-5,7,22-23H,1,6H2,2H3. The summed E-state index contributed by atoms with van der Waals surface area (Å²) in [5.74, 6) is -0.894. The molecule has 132 valence electrons. The third-order valence-electron chi connectivity index (χ3n) is 3.51. The van der Waals surface area contributed by atoms with Gasteiger partial charge >= 0.3 is 0 Å². The Bertz CT molecular complexity index is 1030. The van der Waals surface area contributed by atoms with Crippen LogP contribution in [-0.4, -0.2) is 19.7 Å². The molecule has 0 radical (unpaired) electrons. The summed E-state index contributed by atoms with van der Waals surface area (Å²) in [5.41, 5.74) is -1.59. The first kappa shape index (κ1) is 18.3. The normalized spacial score (nSPS) is 10.6. The first-order valence-electron chi connectivity index (χ1n) is 7.18. The third-order valence-corrected chi connectivity index (χ3v) is 3.51. The van der Waals surface area contributed by atoms with Gasteiger partial charge in [-0.3, -0.25) is 19.5 Å². The van der Waals surface area contributed by atoms with Gasteiger partial charge in [-0.15, -0.1) is 16.8 Å². The number of nitriles is 1. The minimum Gasteiger partial charge on any atom is -0.506 e. The Hall–Kier alpha value is -4.00. The lowest BCUT2D eigenvalue weighted by molar-refractivity contribution is -0.384. The molecule has 10 heteroatoms. The van der Waals surface area contributed by atoms with Crippen LogP contribution in [0.15, 0.2) is 45.9 Å². The highest BCUT2D eigenvalue weighted by Gasteiger charge is 2.19. The quantitative estimate of drug-likeness (QED) is 0.364. The molecule has 1 aromatic carbocycles. The van der Waals surface area contributed by atoms with Crippen LogP contribution in [-0.2, 0) is 6.54 Å². The number of phenols is 1. The van der Waals surface area contributed by atoms with Crippen LogP contribution in [0.1, 0.15) is 11.1 Å². The van der Waals surface area contributed by atoms with Gasteiger partial charge in [-0.25, -0.2) is 0 Å². The van der Waals surface area contributed by atoms with Gasteiger partial charge in [0.1, 0.15) is 23.1 Å². The van der Waals surface area contributed by atoms with E-state index in [4.69, 9.17) is 0 Å². The number of nitro groups is 1. The van der Waals surface area contributed by atoms with E-state index in [1.165, 1.54) is 13.0 Å². The summed E-state index contributed by atoms with van der Waals surface area (Å²) in [4.78, 5) is 22.6. The third kappa shape index (κ3) is 3.27. The van der Waals surface area contributed by atoms with Crippen LogP contribution >= 0.6 is 0 Å². The zero-order valence-corrected chi connectivity index (χ0v) is 13.6. The fourth-order valence-corrected chi connectivity index (χ4v) is 2.16. The van der Waals surface area contributed by atoms with Gasteiger partial charge in [0, 0.05) is 24.2 Å². The van der Waals surface area contributed by atoms with Gasteiger partial charge in [0.2, 0.25) is 5.88 Å². The highest BCUT2D eigenvalue weighted by Crippen LogP contribution is 2.32. The van der Waals surface area contributed by atoms with Crippen molar-refractivity contribution in [1.29, 1.82) is 5.26 Å². The highest BCUT2D eigenvalue weighted by atomic mass is 16.6. The lowest BCUT2D eigenvalue weighted by Gasteiger charge is -2.11. The summed E-state index contributed by atoms with van der Waals surface area (Å²) in [6, 6.07) is 4.93. The van der Waals surface area contributed by atoms with E-state index < -0.39 is 16.4 Å². The summed E-state index contributed by atoms with van der Waals surface area (Å²) in [7, 11) is 0. The molecule has 2 aromatic rings. The second kappa shape index (κ2) is 7.27.